The van der Waals surface area contributed by atoms with E-state index in [1.807, 2.05) is 0 Å². The van der Waals surface area contributed by atoms with E-state index in [0.29, 0.717) is 6.26 Å². The summed E-state index contributed by atoms with van der Waals surface area (Å²) in [7, 11) is 0. The van der Waals surface area contributed by atoms with Gasteiger partial charge in [-0.2, -0.15) is 0 Å². The molecule has 0 rings (SSSR count). The first-order valence-electron chi connectivity index (χ1n) is 3.55. The summed E-state index contributed by atoms with van der Waals surface area (Å²) in [6, 6.07) is 0. The molecule has 0 aliphatic rings. The summed E-state index contributed by atoms with van der Waals surface area (Å²) in [4.78, 5) is 21.7. The molecule has 0 spiro atoms. The van der Waals surface area contributed by atoms with E-state index in [4.69, 9.17) is 0 Å². The Labute approximate surface area is 94.1 Å². The van der Waals surface area contributed by atoms with Crippen molar-refractivity contribution in [3.05, 3.63) is 11.8 Å². The number of ketones is 2. The fourth-order valence-corrected chi connectivity index (χ4v) is 0.668. The number of rotatable bonds is 4. The molecule has 0 atom stereocenters. The number of carbonyl (C=O) groups is 2. The minimum atomic E-state index is -0.369. The van der Waals surface area contributed by atoms with Crippen molar-refractivity contribution in [2.24, 2.45) is 0 Å². The first-order valence-corrected chi connectivity index (χ1v) is 3.55. The predicted molar refractivity (Wildman–Crippen MR) is 38.7 cm³/mol. The summed E-state index contributed by atoms with van der Waals surface area (Å²) in [6.07, 6.45) is 0.761. The number of allylic oxidation sites excluding steroid dienone is 1. The molecule has 0 saturated heterocycles. The molecule has 0 aromatic carbocycles. The van der Waals surface area contributed by atoms with Crippen LogP contribution in [0.3, 0.4) is 0 Å². The molecule has 0 aromatic rings. The van der Waals surface area contributed by atoms with Gasteiger partial charge in [-0.05, 0) is 0 Å². The van der Waals surface area contributed by atoms with E-state index in [2.05, 4.69) is 0 Å². The third kappa shape index (κ3) is 4.04. The number of carbonyl (C=O) groups excluding carboxylic acids is 2. The fraction of sp³-hybridized carbons (Fsp3) is 0.500. The largest absolute Gasteiger partial charge is 1.00 e. The summed E-state index contributed by atoms with van der Waals surface area (Å²) < 4.78 is 0. The van der Waals surface area contributed by atoms with E-state index in [-0.39, 0.29) is 59.5 Å². The minimum Gasteiger partial charge on any atom is -0.877 e. The Morgan fingerprint density at radius 2 is 1.50 bits per heavy atom. The molecule has 0 saturated carbocycles. The maximum atomic E-state index is 10.9. The van der Waals surface area contributed by atoms with Gasteiger partial charge < -0.3 is 5.11 Å². The van der Waals surface area contributed by atoms with Gasteiger partial charge >= 0.3 is 29.6 Å². The number of hydrogen-bond donors (Lipinski definition) is 0. The molecule has 0 amide bonds. The van der Waals surface area contributed by atoms with Crippen molar-refractivity contribution in [2.75, 3.05) is 0 Å². The quantitative estimate of drug-likeness (QED) is 0.153. The molecule has 0 aromatic heterocycles. The summed E-state index contributed by atoms with van der Waals surface area (Å²) in [5.41, 5.74) is -0.199. The van der Waals surface area contributed by atoms with Gasteiger partial charge in [-0.15, -0.1) is 6.26 Å². The second-order valence-corrected chi connectivity index (χ2v) is 2.08. The molecule has 12 heavy (non-hydrogen) atoms. The van der Waals surface area contributed by atoms with Gasteiger partial charge in [-0.1, -0.05) is 13.8 Å². The van der Waals surface area contributed by atoms with Crippen LogP contribution in [0.25, 0.3) is 0 Å². The first-order chi connectivity index (χ1) is 5.17. The van der Waals surface area contributed by atoms with Gasteiger partial charge in [0.05, 0.1) is 0 Å². The molecule has 0 N–H and O–H groups in total. The van der Waals surface area contributed by atoms with E-state index < -0.39 is 0 Å². The molecular weight excluding hydrogens is 167 g/mol. The maximum absolute atomic E-state index is 10.9. The van der Waals surface area contributed by atoms with Gasteiger partial charge in [0, 0.05) is 18.4 Å². The van der Waals surface area contributed by atoms with Crippen LogP contribution in [0.5, 0.6) is 0 Å². The van der Waals surface area contributed by atoms with Crippen molar-refractivity contribution in [1.82, 2.24) is 0 Å². The SMILES string of the molecule is CCC(=O)C(=C[O-])C(=O)CC.[Na+]. The standard InChI is InChI=1S/C8H12O3.Na/c1-3-7(10)6(5-9)8(11)4-2;/h5,9H,3-4H2,1-2H3;/q;+1/p-1. The predicted octanol–water partition coefficient (Wildman–Crippen LogP) is -2.81. The van der Waals surface area contributed by atoms with Gasteiger partial charge in [-0.3, -0.25) is 9.59 Å². The van der Waals surface area contributed by atoms with Gasteiger partial charge in [0.1, 0.15) is 0 Å². The second-order valence-electron chi connectivity index (χ2n) is 2.08. The van der Waals surface area contributed by atoms with Crippen LogP contribution in [-0.4, -0.2) is 11.6 Å². The van der Waals surface area contributed by atoms with Gasteiger partial charge in [-0.25, -0.2) is 0 Å². The van der Waals surface area contributed by atoms with Crippen LogP contribution in [0.1, 0.15) is 26.7 Å². The van der Waals surface area contributed by atoms with Gasteiger partial charge in [0.15, 0.2) is 11.6 Å². The number of Topliss-reactive ketones (excluding diaryl/α,β-unsaturated/α-hetero) is 2. The zero-order chi connectivity index (χ0) is 8.85. The van der Waals surface area contributed by atoms with E-state index >= 15 is 0 Å². The van der Waals surface area contributed by atoms with Crippen molar-refractivity contribution in [3.8, 4) is 0 Å². The summed E-state index contributed by atoms with van der Waals surface area (Å²) in [5.74, 6) is -0.737. The third-order valence-electron chi connectivity index (χ3n) is 1.36. The van der Waals surface area contributed by atoms with Crippen LogP contribution in [0.15, 0.2) is 11.8 Å². The zero-order valence-electron chi connectivity index (χ0n) is 7.72. The Balaban J connectivity index is 0. The molecule has 0 fully saturated rings. The van der Waals surface area contributed by atoms with Gasteiger partial charge in [0.2, 0.25) is 0 Å². The van der Waals surface area contributed by atoms with E-state index in [9.17, 15) is 14.7 Å². The van der Waals surface area contributed by atoms with E-state index in [1.165, 1.54) is 0 Å². The average molecular weight is 178 g/mol. The number of hydrogen-bond acceptors (Lipinski definition) is 3. The smallest absolute Gasteiger partial charge is 0.877 e. The summed E-state index contributed by atoms with van der Waals surface area (Å²) in [5, 5.41) is 10.2. The Morgan fingerprint density at radius 3 is 1.67 bits per heavy atom. The fourth-order valence-electron chi connectivity index (χ4n) is 0.668. The van der Waals surface area contributed by atoms with Crippen molar-refractivity contribution >= 4 is 11.6 Å². The summed E-state index contributed by atoms with van der Waals surface area (Å²) >= 11 is 0. The molecular formula is C8H11NaO3. The van der Waals surface area contributed by atoms with Crippen molar-refractivity contribution in [3.63, 3.8) is 0 Å². The van der Waals surface area contributed by atoms with Crippen molar-refractivity contribution in [2.45, 2.75) is 26.7 Å². The molecule has 0 heterocycles. The van der Waals surface area contributed by atoms with Gasteiger partial charge in [0.25, 0.3) is 0 Å². The molecule has 4 heteroatoms. The van der Waals surface area contributed by atoms with Crippen molar-refractivity contribution < 1.29 is 44.3 Å². The molecule has 0 bridgehead atoms. The Bertz CT molecular complexity index is 178. The molecule has 62 valence electrons. The normalized spacial score (nSPS) is 8.17. The molecule has 0 aliphatic heterocycles. The van der Waals surface area contributed by atoms with Crippen LogP contribution in [-0.2, 0) is 9.59 Å². The van der Waals surface area contributed by atoms with Crippen LogP contribution >= 0.6 is 0 Å². The molecule has 0 radical (unpaired) electrons. The van der Waals surface area contributed by atoms with Crippen LogP contribution < -0.4 is 34.7 Å². The topological polar surface area (TPSA) is 57.2 Å². The Morgan fingerprint density at radius 1 is 1.17 bits per heavy atom. The monoisotopic (exact) mass is 178 g/mol. The minimum absolute atomic E-state index is 0. The Kier molecular flexibility index (Phi) is 9.03. The maximum Gasteiger partial charge on any atom is 1.00 e. The van der Waals surface area contributed by atoms with E-state index in [0.717, 1.165) is 0 Å². The van der Waals surface area contributed by atoms with Crippen LogP contribution in [0, 0.1) is 0 Å². The summed E-state index contributed by atoms with van der Waals surface area (Å²) in [6.45, 7) is 3.24. The zero-order valence-corrected chi connectivity index (χ0v) is 9.72. The molecule has 3 nitrogen and oxygen atoms in total. The average Bonchev–Trinajstić information content (AvgIpc) is 2.05. The molecule has 0 aliphatic carbocycles. The van der Waals surface area contributed by atoms with Crippen molar-refractivity contribution in [1.29, 1.82) is 0 Å². The van der Waals surface area contributed by atoms with Crippen LogP contribution in [0.2, 0.25) is 0 Å². The second kappa shape index (κ2) is 7.53. The Hall–Kier alpha value is -0.120. The van der Waals surface area contributed by atoms with Crippen LogP contribution in [0.4, 0.5) is 0 Å². The van der Waals surface area contributed by atoms with E-state index in [1.54, 1.807) is 13.8 Å². The molecule has 0 unspecified atom stereocenters. The third-order valence-corrected chi connectivity index (χ3v) is 1.36. The first kappa shape index (κ1) is 14.4.